The molecule has 0 spiro atoms. The molecule has 0 unspecified atom stereocenters. The van der Waals surface area contributed by atoms with Crippen LogP contribution in [0.25, 0.3) is 33.3 Å². The molecule has 0 atom stereocenters. The maximum Gasteiger partial charge on any atom is 0.261 e. The van der Waals surface area contributed by atoms with Crippen molar-refractivity contribution >= 4 is 56.8 Å². The first-order chi connectivity index (χ1) is 15.5. The summed E-state index contributed by atoms with van der Waals surface area (Å²) < 4.78 is 1.77. The Balaban J connectivity index is 1.68. The molecule has 0 aliphatic heterocycles. The summed E-state index contributed by atoms with van der Waals surface area (Å²) in [7, 11) is 1.80. The monoisotopic (exact) mass is 460 g/mol. The SMILES string of the molecule is Cn1c(Nc2c(Cl)cccc2Cl)nc2ccc3nc(-c4cccc(C#N)c4)[nH]c(=O)c3c21. The maximum absolute atomic E-state index is 13.1. The van der Waals surface area contributed by atoms with Crippen LogP contribution in [0.15, 0.2) is 59.4 Å². The molecule has 7 nitrogen and oxygen atoms in total. The van der Waals surface area contributed by atoms with E-state index in [0.29, 0.717) is 60.6 Å². The van der Waals surface area contributed by atoms with Gasteiger partial charge in [0.1, 0.15) is 5.82 Å². The quantitative estimate of drug-likeness (QED) is 0.375. The van der Waals surface area contributed by atoms with Crippen molar-refractivity contribution in [3.8, 4) is 17.5 Å². The molecular formula is C23H14Cl2N6O. The molecule has 0 saturated heterocycles. The van der Waals surface area contributed by atoms with Gasteiger partial charge in [-0.3, -0.25) is 4.79 Å². The number of rotatable bonds is 3. The second-order valence-electron chi connectivity index (χ2n) is 7.15. The number of benzene rings is 3. The van der Waals surface area contributed by atoms with Gasteiger partial charge in [-0.25, -0.2) is 9.97 Å². The summed E-state index contributed by atoms with van der Waals surface area (Å²) in [5.74, 6) is 0.870. The summed E-state index contributed by atoms with van der Waals surface area (Å²) in [5.41, 5.74) is 3.14. The highest BCUT2D eigenvalue weighted by Crippen LogP contribution is 2.34. The Morgan fingerprint density at radius 3 is 2.50 bits per heavy atom. The molecule has 9 heteroatoms. The summed E-state index contributed by atoms with van der Waals surface area (Å²) in [4.78, 5) is 25.2. The zero-order chi connectivity index (χ0) is 22.4. The Labute approximate surface area is 191 Å². The number of aromatic nitrogens is 4. The van der Waals surface area contributed by atoms with E-state index < -0.39 is 0 Å². The Bertz CT molecular complexity index is 1610. The fraction of sp³-hybridized carbons (Fsp3) is 0.0435. The minimum atomic E-state index is -0.303. The zero-order valence-corrected chi connectivity index (χ0v) is 18.2. The van der Waals surface area contributed by atoms with Crippen molar-refractivity contribution < 1.29 is 0 Å². The number of fused-ring (bicyclic) bond motifs is 3. The number of nitriles is 1. The molecule has 32 heavy (non-hydrogen) atoms. The summed E-state index contributed by atoms with van der Waals surface area (Å²) >= 11 is 12.6. The average Bonchev–Trinajstić information content (AvgIpc) is 3.11. The van der Waals surface area contributed by atoms with Crippen LogP contribution in [0.1, 0.15) is 5.56 Å². The summed E-state index contributed by atoms with van der Waals surface area (Å²) in [5, 5.41) is 13.6. The van der Waals surface area contributed by atoms with E-state index in [9.17, 15) is 4.79 Å². The number of hydrogen-bond acceptors (Lipinski definition) is 5. The Kier molecular flexibility index (Phi) is 4.82. The molecule has 0 amide bonds. The van der Waals surface area contributed by atoms with Crippen LogP contribution >= 0.6 is 23.2 Å². The van der Waals surface area contributed by atoms with Gasteiger partial charge in [0.25, 0.3) is 5.56 Å². The molecule has 5 aromatic rings. The number of para-hydroxylation sites is 1. The van der Waals surface area contributed by atoms with Crippen LogP contribution in [0.4, 0.5) is 11.6 Å². The smallest absolute Gasteiger partial charge is 0.261 e. The fourth-order valence-corrected chi connectivity index (χ4v) is 4.14. The van der Waals surface area contributed by atoms with Crippen molar-refractivity contribution in [2.24, 2.45) is 7.05 Å². The van der Waals surface area contributed by atoms with Gasteiger partial charge in [0.2, 0.25) is 5.95 Å². The van der Waals surface area contributed by atoms with Gasteiger partial charge < -0.3 is 14.9 Å². The lowest BCUT2D eigenvalue weighted by molar-refractivity contribution is 0.960. The van der Waals surface area contributed by atoms with E-state index in [1.165, 1.54) is 0 Å². The van der Waals surface area contributed by atoms with Gasteiger partial charge in [0.15, 0.2) is 0 Å². The molecule has 2 aromatic heterocycles. The third-order valence-electron chi connectivity index (χ3n) is 5.17. The van der Waals surface area contributed by atoms with Gasteiger partial charge in [-0.05, 0) is 36.4 Å². The van der Waals surface area contributed by atoms with Gasteiger partial charge in [-0.15, -0.1) is 0 Å². The van der Waals surface area contributed by atoms with Crippen LogP contribution in [-0.4, -0.2) is 19.5 Å². The number of nitrogens with zero attached hydrogens (tertiary/aromatic N) is 4. The summed E-state index contributed by atoms with van der Waals surface area (Å²) in [6.07, 6.45) is 0. The second kappa shape index (κ2) is 7.68. The van der Waals surface area contributed by atoms with E-state index in [4.69, 9.17) is 28.5 Å². The van der Waals surface area contributed by atoms with Crippen LogP contribution in [-0.2, 0) is 7.05 Å². The molecule has 0 fully saturated rings. The highest BCUT2D eigenvalue weighted by atomic mass is 35.5. The number of hydrogen-bond donors (Lipinski definition) is 2. The van der Waals surface area contributed by atoms with Crippen LogP contribution in [0.3, 0.4) is 0 Å². The topological polar surface area (TPSA) is 99.4 Å². The van der Waals surface area contributed by atoms with Crippen LogP contribution < -0.4 is 10.9 Å². The van der Waals surface area contributed by atoms with Crippen LogP contribution in [0.2, 0.25) is 10.0 Å². The normalized spacial score (nSPS) is 11.1. The lowest BCUT2D eigenvalue weighted by Gasteiger charge is -2.10. The molecule has 0 aliphatic rings. The molecular weight excluding hydrogens is 447 g/mol. The maximum atomic E-state index is 13.1. The average molecular weight is 461 g/mol. The third-order valence-corrected chi connectivity index (χ3v) is 5.80. The number of anilines is 2. The molecule has 0 aliphatic carbocycles. The zero-order valence-electron chi connectivity index (χ0n) is 16.6. The van der Waals surface area contributed by atoms with Crippen LogP contribution in [0.5, 0.6) is 0 Å². The first-order valence-electron chi connectivity index (χ1n) is 9.57. The molecule has 2 heterocycles. The largest absolute Gasteiger partial charge is 0.323 e. The van der Waals surface area contributed by atoms with Gasteiger partial charge >= 0.3 is 0 Å². The fourth-order valence-electron chi connectivity index (χ4n) is 3.64. The van der Waals surface area contributed by atoms with Crippen molar-refractivity contribution in [1.29, 1.82) is 5.26 Å². The Hall–Kier alpha value is -3.86. The molecule has 2 N–H and O–H groups in total. The molecule has 3 aromatic carbocycles. The summed E-state index contributed by atoms with van der Waals surface area (Å²) in [6, 6.07) is 17.8. The number of H-pyrrole nitrogens is 1. The third kappa shape index (κ3) is 3.26. The first kappa shape index (κ1) is 20.1. The van der Waals surface area contributed by atoms with Gasteiger partial charge in [0, 0.05) is 12.6 Å². The van der Waals surface area contributed by atoms with Crippen molar-refractivity contribution in [1.82, 2.24) is 19.5 Å². The standard InChI is InChI=1S/C23H14Cl2N6O/c1-31-20-17(28-23(31)29-19-14(24)6-3-7-15(19)25)9-8-16-18(20)22(32)30-21(27-16)13-5-2-4-12(10-13)11-26/h2-10H,1H3,(H,28,29)(H,27,30,32). The number of halogens is 2. The Morgan fingerprint density at radius 2 is 1.75 bits per heavy atom. The number of nitrogens with one attached hydrogen (secondary N) is 2. The lowest BCUT2D eigenvalue weighted by atomic mass is 10.1. The van der Waals surface area contributed by atoms with E-state index in [0.717, 1.165) is 0 Å². The highest BCUT2D eigenvalue weighted by molar-refractivity contribution is 6.39. The molecule has 0 saturated carbocycles. The second-order valence-corrected chi connectivity index (χ2v) is 7.97. The Morgan fingerprint density at radius 1 is 1.03 bits per heavy atom. The van der Waals surface area contributed by atoms with E-state index in [-0.39, 0.29) is 5.56 Å². The van der Waals surface area contributed by atoms with Gasteiger partial charge in [0.05, 0.1) is 49.3 Å². The predicted octanol–water partition coefficient (Wildman–Crippen LogP) is 5.40. The van der Waals surface area contributed by atoms with Crippen molar-refractivity contribution in [2.45, 2.75) is 0 Å². The first-order valence-corrected chi connectivity index (χ1v) is 10.3. The van der Waals surface area contributed by atoms with Crippen molar-refractivity contribution in [3.05, 3.63) is 80.6 Å². The minimum absolute atomic E-state index is 0.303. The van der Waals surface area contributed by atoms with Crippen LogP contribution in [0, 0.1) is 11.3 Å². The highest BCUT2D eigenvalue weighted by Gasteiger charge is 2.17. The van der Waals surface area contributed by atoms with E-state index in [2.05, 4.69) is 26.3 Å². The van der Waals surface area contributed by atoms with E-state index in [1.54, 1.807) is 66.2 Å². The molecule has 5 rings (SSSR count). The van der Waals surface area contributed by atoms with Crippen molar-refractivity contribution in [2.75, 3.05) is 5.32 Å². The molecule has 156 valence electrons. The summed E-state index contributed by atoms with van der Waals surface area (Å²) in [6.45, 7) is 0. The predicted molar refractivity (Wildman–Crippen MR) is 127 cm³/mol. The van der Waals surface area contributed by atoms with Gasteiger partial charge in [-0.2, -0.15) is 5.26 Å². The molecule has 0 bridgehead atoms. The number of imidazole rings is 1. The lowest BCUT2D eigenvalue weighted by Crippen LogP contribution is -2.11. The minimum Gasteiger partial charge on any atom is -0.323 e. The molecule has 0 radical (unpaired) electrons. The van der Waals surface area contributed by atoms with E-state index in [1.807, 2.05) is 0 Å². The number of aryl methyl sites for hydroxylation is 1. The number of aromatic amines is 1. The van der Waals surface area contributed by atoms with Gasteiger partial charge in [-0.1, -0.05) is 41.4 Å². The van der Waals surface area contributed by atoms with Crippen molar-refractivity contribution in [3.63, 3.8) is 0 Å². The van der Waals surface area contributed by atoms with E-state index >= 15 is 0 Å².